The van der Waals surface area contributed by atoms with E-state index in [0.29, 0.717) is 6.54 Å². The summed E-state index contributed by atoms with van der Waals surface area (Å²) in [4.78, 5) is 6.67. The molecule has 2 aliphatic heterocycles. The topological polar surface area (TPSA) is 9.72 Å². The first-order valence-electron chi connectivity index (χ1n) is 12.7. The molecule has 0 aromatic heterocycles. The van der Waals surface area contributed by atoms with E-state index in [1.807, 2.05) is 0 Å². The smallest absolute Gasteiger partial charge is 0.272 e. The number of likely N-dealkylation sites (N-methyl/N-ethyl adjacent to an activating group) is 1. The molecule has 34 heavy (non-hydrogen) atoms. The van der Waals surface area contributed by atoms with Gasteiger partial charge in [0.05, 0.1) is 13.1 Å². The quantitative estimate of drug-likeness (QED) is 0.475. The van der Waals surface area contributed by atoms with Crippen molar-refractivity contribution in [3.63, 3.8) is 0 Å². The molecule has 0 aliphatic carbocycles. The molecule has 2 saturated heterocycles. The Morgan fingerprint density at radius 3 is 1.68 bits per heavy atom. The number of rotatable bonds is 8. The van der Waals surface area contributed by atoms with Crippen LogP contribution < -0.4 is 4.90 Å². The molecule has 0 unspecified atom stereocenters. The molecular formula is C29H41F2N3. The number of benzene rings is 2. The minimum absolute atomic E-state index is 0.0549. The average Bonchev–Trinajstić information content (AvgIpc) is 2.78. The Balaban J connectivity index is 1.33. The van der Waals surface area contributed by atoms with E-state index in [0.717, 1.165) is 44.6 Å². The van der Waals surface area contributed by atoms with E-state index in [4.69, 9.17) is 0 Å². The molecule has 0 N–H and O–H groups in total. The van der Waals surface area contributed by atoms with E-state index in [1.165, 1.54) is 16.8 Å². The van der Waals surface area contributed by atoms with E-state index < -0.39 is 5.92 Å². The Kier molecular flexibility index (Phi) is 7.08. The summed E-state index contributed by atoms with van der Waals surface area (Å²) >= 11 is 0. The number of anilines is 1. The molecule has 2 aromatic rings. The fourth-order valence-corrected chi connectivity index (χ4v) is 5.14. The lowest BCUT2D eigenvalue weighted by Gasteiger charge is -2.38. The number of piperazine rings is 1. The minimum Gasteiger partial charge on any atom is -0.369 e. The van der Waals surface area contributed by atoms with Gasteiger partial charge in [0.1, 0.15) is 0 Å². The van der Waals surface area contributed by atoms with E-state index in [2.05, 4.69) is 93.1 Å². The molecule has 0 bridgehead atoms. The Hall–Kier alpha value is -1.98. The maximum atomic E-state index is 13.1. The summed E-state index contributed by atoms with van der Waals surface area (Å²) in [7, 11) is 2.19. The molecule has 2 aromatic carbocycles. The monoisotopic (exact) mass is 469 g/mol. The van der Waals surface area contributed by atoms with Crippen LogP contribution in [0.2, 0.25) is 0 Å². The summed E-state index contributed by atoms with van der Waals surface area (Å²) in [6, 6.07) is 17.8. The van der Waals surface area contributed by atoms with Gasteiger partial charge in [-0.3, -0.25) is 4.90 Å². The van der Waals surface area contributed by atoms with Gasteiger partial charge in [-0.15, -0.1) is 0 Å². The third-order valence-electron chi connectivity index (χ3n) is 7.94. The first-order chi connectivity index (χ1) is 15.9. The number of hydrogen-bond acceptors (Lipinski definition) is 3. The second-order valence-corrected chi connectivity index (χ2v) is 11.8. The highest BCUT2D eigenvalue weighted by Crippen LogP contribution is 2.37. The second kappa shape index (κ2) is 9.58. The van der Waals surface area contributed by atoms with Crippen molar-refractivity contribution in [2.45, 2.75) is 63.8 Å². The Morgan fingerprint density at radius 2 is 1.21 bits per heavy atom. The van der Waals surface area contributed by atoms with Crippen molar-refractivity contribution in [3.05, 3.63) is 65.2 Å². The van der Waals surface area contributed by atoms with Gasteiger partial charge < -0.3 is 9.80 Å². The van der Waals surface area contributed by atoms with Crippen molar-refractivity contribution in [2.75, 3.05) is 51.2 Å². The summed E-state index contributed by atoms with van der Waals surface area (Å²) in [6.07, 6.45) is 2.18. The summed E-state index contributed by atoms with van der Waals surface area (Å²) in [5, 5.41) is 0. The first-order valence-corrected chi connectivity index (χ1v) is 12.7. The molecule has 4 rings (SSSR count). The van der Waals surface area contributed by atoms with Crippen molar-refractivity contribution in [2.24, 2.45) is 0 Å². The van der Waals surface area contributed by atoms with Crippen LogP contribution in [0.15, 0.2) is 48.5 Å². The van der Waals surface area contributed by atoms with E-state index in [-0.39, 0.29) is 23.9 Å². The summed E-state index contributed by atoms with van der Waals surface area (Å²) in [5.41, 5.74) is 5.29. The highest BCUT2D eigenvalue weighted by Gasteiger charge is 2.43. The molecule has 2 heterocycles. The van der Waals surface area contributed by atoms with Gasteiger partial charge in [0, 0.05) is 38.4 Å². The zero-order valence-corrected chi connectivity index (χ0v) is 21.6. The van der Waals surface area contributed by atoms with Crippen LogP contribution in [0.4, 0.5) is 14.5 Å². The molecule has 186 valence electrons. The van der Waals surface area contributed by atoms with E-state index in [1.54, 1.807) is 4.90 Å². The number of hydrogen-bond donors (Lipinski definition) is 0. The van der Waals surface area contributed by atoms with Crippen LogP contribution >= 0.6 is 0 Å². The predicted octanol–water partition coefficient (Wildman–Crippen LogP) is 5.92. The molecule has 0 atom stereocenters. The molecule has 2 fully saturated rings. The SMILES string of the molecule is CN1CCN(c2ccc(C(C)(C)CCC(C)(C)c3ccc(CN4CC(F)(F)C4)cc3)cc2)CC1. The zero-order chi connectivity index (χ0) is 24.6. The number of likely N-dealkylation sites (tertiary alicyclic amines) is 1. The first kappa shape index (κ1) is 25.1. The van der Waals surface area contributed by atoms with Gasteiger partial charge >= 0.3 is 0 Å². The van der Waals surface area contributed by atoms with Crippen molar-refractivity contribution < 1.29 is 8.78 Å². The van der Waals surface area contributed by atoms with Gasteiger partial charge in [-0.05, 0) is 59.5 Å². The van der Waals surface area contributed by atoms with Crippen LogP contribution in [-0.4, -0.2) is 62.0 Å². The van der Waals surface area contributed by atoms with Gasteiger partial charge in [-0.2, -0.15) is 0 Å². The average molecular weight is 470 g/mol. The van der Waals surface area contributed by atoms with Crippen molar-refractivity contribution in [1.29, 1.82) is 0 Å². The maximum Gasteiger partial charge on any atom is 0.272 e. The van der Waals surface area contributed by atoms with Crippen LogP contribution in [0.3, 0.4) is 0 Å². The third-order valence-corrected chi connectivity index (χ3v) is 7.94. The van der Waals surface area contributed by atoms with Crippen molar-refractivity contribution in [1.82, 2.24) is 9.80 Å². The van der Waals surface area contributed by atoms with Crippen LogP contribution in [0.1, 0.15) is 57.2 Å². The fourth-order valence-electron chi connectivity index (χ4n) is 5.14. The molecule has 3 nitrogen and oxygen atoms in total. The molecule has 0 spiro atoms. The Morgan fingerprint density at radius 1 is 0.735 bits per heavy atom. The van der Waals surface area contributed by atoms with Crippen LogP contribution in [0, 0.1) is 0 Å². The fraction of sp³-hybridized carbons (Fsp3) is 0.586. The zero-order valence-electron chi connectivity index (χ0n) is 21.6. The molecular weight excluding hydrogens is 428 g/mol. The lowest BCUT2D eigenvalue weighted by atomic mass is 9.72. The maximum absolute atomic E-state index is 13.1. The number of nitrogens with zero attached hydrogens (tertiary/aromatic N) is 3. The second-order valence-electron chi connectivity index (χ2n) is 11.8. The highest BCUT2D eigenvalue weighted by atomic mass is 19.3. The van der Waals surface area contributed by atoms with Gasteiger partial charge in [-0.1, -0.05) is 64.1 Å². The normalized spacial score (nSPS) is 19.8. The molecule has 2 aliphatic rings. The van der Waals surface area contributed by atoms with E-state index in [9.17, 15) is 8.78 Å². The molecule has 0 radical (unpaired) electrons. The lowest BCUT2D eigenvalue weighted by Crippen LogP contribution is -2.55. The van der Waals surface area contributed by atoms with Gasteiger partial charge in [0.2, 0.25) is 0 Å². The third kappa shape index (κ3) is 5.98. The lowest BCUT2D eigenvalue weighted by molar-refractivity contribution is -0.133. The molecule has 5 heteroatoms. The Bertz CT molecular complexity index is 934. The minimum atomic E-state index is -2.50. The number of halogens is 2. The van der Waals surface area contributed by atoms with Gasteiger partial charge in [-0.25, -0.2) is 8.78 Å². The largest absolute Gasteiger partial charge is 0.369 e. The van der Waals surface area contributed by atoms with Gasteiger partial charge in [0.25, 0.3) is 5.92 Å². The van der Waals surface area contributed by atoms with Crippen LogP contribution in [-0.2, 0) is 17.4 Å². The standard InChI is InChI=1S/C29H41F2N3/c1-27(2,24-8-6-23(7-9-24)20-33-21-29(30,31)22-33)14-15-28(3,4)25-10-12-26(13-11-25)34-18-16-32(5)17-19-34/h6-13H,14-22H2,1-5H3. The van der Waals surface area contributed by atoms with E-state index >= 15 is 0 Å². The van der Waals surface area contributed by atoms with Gasteiger partial charge in [0.15, 0.2) is 0 Å². The predicted molar refractivity (Wildman–Crippen MR) is 138 cm³/mol. The summed E-state index contributed by atoms with van der Waals surface area (Å²) in [6.45, 7) is 14.1. The number of alkyl halides is 2. The van der Waals surface area contributed by atoms with Crippen LogP contribution in [0.25, 0.3) is 0 Å². The van der Waals surface area contributed by atoms with Crippen LogP contribution in [0.5, 0.6) is 0 Å². The summed E-state index contributed by atoms with van der Waals surface area (Å²) < 4.78 is 26.2. The van der Waals surface area contributed by atoms with Crippen molar-refractivity contribution in [3.8, 4) is 0 Å². The Labute approximate surface area is 204 Å². The summed E-state index contributed by atoms with van der Waals surface area (Å²) in [5.74, 6) is -2.50. The highest BCUT2D eigenvalue weighted by molar-refractivity contribution is 5.49. The van der Waals surface area contributed by atoms with Crippen molar-refractivity contribution >= 4 is 5.69 Å². The molecule has 0 saturated carbocycles. The molecule has 0 amide bonds.